The molecule has 6 nitrogen and oxygen atoms in total. The average Bonchev–Trinajstić information content (AvgIpc) is 2.98. The highest BCUT2D eigenvalue weighted by Crippen LogP contribution is 2.28. The maximum Gasteiger partial charge on any atom is 0.343 e. The number of nitrogens with zero attached hydrogens (tertiary/aromatic N) is 3. The molecule has 0 fully saturated rings. The van der Waals surface area contributed by atoms with Crippen molar-refractivity contribution in [3.05, 3.63) is 53.4 Å². The smallest absolute Gasteiger partial charge is 0.343 e. The summed E-state index contributed by atoms with van der Waals surface area (Å²) in [6, 6.07) is 3.55. The molecule has 0 saturated heterocycles. The lowest BCUT2D eigenvalue weighted by molar-refractivity contribution is 0.0505. The van der Waals surface area contributed by atoms with E-state index in [9.17, 15) is 13.6 Å². The van der Waals surface area contributed by atoms with Crippen LogP contribution in [0.15, 0.2) is 30.6 Å². The van der Waals surface area contributed by atoms with Crippen molar-refractivity contribution in [3.63, 3.8) is 0 Å². The topological polar surface area (TPSA) is 66.2 Å². The number of rotatable bonds is 5. The number of fused-ring (bicyclic) bond motifs is 1. The summed E-state index contributed by atoms with van der Waals surface area (Å²) in [6.07, 6.45) is 3.18. The molecule has 3 aromatic rings. The fourth-order valence-corrected chi connectivity index (χ4v) is 2.47. The highest BCUT2D eigenvalue weighted by atomic mass is 19.2. The first-order chi connectivity index (χ1) is 12.0. The first-order valence-electron chi connectivity index (χ1n) is 7.47. The van der Waals surface area contributed by atoms with Crippen LogP contribution in [0, 0.1) is 11.6 Å². The Morgan fingerprint density at radius 3 is 2.76 bits per heavy atom. The van der Waals surface area contributed by atoms with E-state index < -0.39 is 17.6 Å². The van der Waals surface area contributed by atoms with Crippen molar-refractivity contribution in [2.24, 2.45) is 7.05 Å². The number of hydrogen-bond acceptors (Lipinski definition) is 5. The minimum atomic E-state index is -0.934. The Labute approximate surface area is 142 Å². The summed E-state index contributed by atoms with van der Waals surface area (Å²) >= 11 is 0. The van der Waals surface area contributed by atoms with Crippen LogP contribution in [0.5, 0.6) is 5.75 Å². The van der Waals surface area contributed by atoms with E-state index in [4.69, 9.17) is 9.47 Å². The fourth-order valence-electron chi connectivity index (χ4n) is 2.47. The van der Waals surface area contributed by atoms with E-state index in [1.165, 1.54) is 19.4 Å². The van der Waals surface area contributed by atoms with Crippen LogP contribution in [0.25, 0.3) is 11.0 Å². The van der Waals surface area contributed by atoms with Crippen LogP contribution in [0.2, 0.25) is 0 Å². The summed E-state index contributed by atoms with van der Waals surface area (Å²) < 4.78 is 38.1. The first kappa shape index (κ1) is 16.8. The van der Waals surface area contributed by atoms with E-state index in [1.54, 1.807) is 17.9 Å². The number of aryl methyl sites for hydroxylation is 1. The zero-order chi connectivity index (χ0) is 18.0. The van der Waals surface area contributed by atoms with Gasteiger partial charge in [0.05, 0.1) is 25.3 Å². The van der Waals surface area contributed by atoms with Gasteiger partial charge in [0.15, 0.2) is 17.3 Å². The summed E-state index contributed by atoms with van der Waals surface area (Å²) in [5, 5.41) is 4.68. The van der Waals surface area contributed by atoms with Crippen molar-refractivity contribution in [2.45, 2.75) is 6.42 Å². The number of carbonyl (C=O) groups excluding carboxylic acids is 1. The molecule has 2 heterocycles. The molecule has 0 aliphatic rings. The molecule has 0 N–H and O–H groups in total. The molecule has 0 atom stereocenters. The number of pyridine rings is 1. The summed E-state index contributed by atoms with van der Waals surface area (Å²) in [6.45, 7) is 0.0120. The Balaban J connectivity index is 1.72. The van der Waals surface area contributed by atoms with Gasteiger partial charge in [0, 0.05) is 19.7 Å². The van der Waals surface area contributed by atoms with Gasteiger partial charge < -0.3 is 9.47 Å². The van der Waals surface area contributed by atoms with Gasteiger partial charge in [0.1, 0.15) is 11.3 Å². The third-order valence-electron chi connectivity index (χ3n) is 3.74. The summed E-state index contributed by atoms with van der Waals surface area (Å²) in [5.74, 6) is -2.13. The Morgan fingerprint density at radius 2 is 2.04 bits per heavy atom. The van der Waals surface area contributed by atoms with Crippen LogP contribution in [0.1, 0.15) is 15.9 Å². The molecule has 8 heteroatoms. The molecule has 0 radical (unpaired) electrons. The van der Waals surface area contributed by atoms with Gasteiger partial charge >= 0.3 is 5.97 Å². The second-order valence-corrected chi connectivity index (χ2v) is 5.34. The molecule has 1 aromatic carbocycles. The quantitative estimate of drug-likeness (QED) is 0.664. The lowest BCUT2D eigenvalue weighted by Crippen LogP contribution is -2.10. The molecule has 2 aromatic heterocycles. The van der Waals surface area contributed by atoms with Gasteiger partial charge in [0.25, 0.3) is 0 Å². The zero-order valence-electron chi connectivity index (χ0n) is 13.6. The Kier molecular flexibility index (Phi) is 4.60. The van der Waals surface area contributed by atoms with Gasteiger partial charge in [-0.3, -0.25) is 4.68 Å². The maximum atomic E-state index is 13.2. The predicted octanol–water partition coefficient (Wildman–Crippen LogP) is 2.65. The fraction of sp³-hybridized carbons (Fsp3) is 0.235. The van der Waals surface area contributed by atoms with Crippen LogP contribution in [-0.2, 0) is 18.2 Å². The normalized spacial score (nSPS) is 10.9. The van der Waals surface area contributed by atoms with E-state index in [2.05, 4.69) is 10.1 Å². The third kappa shape index (κ3) is 3.28. The van der Waals surface area contributed by atoms with E-state index in [-0.39, 0.29) is 18.6 Å². The molecule has 0 saturated carbocycles. The summed E-state index contributed by atoms with van der Waals surface area (Å²) in [4.78, 5) is 16.5. The molecule has 25 heavy (non-hydrogen) atoms. The molecule has 0 aliphatic heterocycles. The Morgan fingerprint density at radius 1 is 1.24 bits per heavy atom. The number of carbonyl (C=O) groups is 1. The zero-order valence-corrected chi connectivity index (χ0v) is 13.6. The SMILES string of the molecule is COc1c(C(=O)OCCc2ccc(F)c(F)c2)cnc2c1cnn2C. The average molecular weight is 347 g/mol. The number of methoxy groups -OCH3 is 1. The molecular weight excluding hydrogens is 332 g/mol. The third-order valence-corrected chi connectivity index (χ3v) is 3.74. The van der Waals surface area contributed by atoms with Crippen LogP contribution in [0.3, 0.4) is 0 Å². The van der Waals surface area contributed by atoms with Crippen molar-refractivity contribution < 1.29 is 23.0 Å². The van der Waals surface area contributed by atoms with Crippen molar-refractivity contribution in [1.29, 1.82) is 0 Å². The molecule has 130 valence electrons. The van der Waals surface area contributed by atoms with E-state index in [0.717, 1.165) is 12.1 Å². The summed E-state index contributed by atoms with van der Waals surface area (Å²) in [7, 11) is 3.18. The second-order valence-electron chi connectivity index (χ2n) is 5.34. The van der Waals surface area contributed by atoms with Gasteiger partial charge in [0.2, 0.25) is 0 Å². The van der Waals surface area contributed by atoms with Crippen LogP contribution in [-0.4, -0.2) is 34.5 Å². The highest BCUT2D eigenvalue weighted by Gasteiger charge is 2.19. The second kappa shape index (κ2) is 6.84. The van der Waals surface area contributed by atoms with Crippen LogP contribution in [0.4, 0.5) is 8.78 Å². The van der Waals surface area contributed by atoms with E-state index in [1.807, 2.05) is 0 Å². The Hall–Kier alpha value is -3.03. The van der Waals surface area contributed by atoms with Crippen molar-refractivity contribution in [2.75, 3.05) is 13.7 Å². The number of halogens is 2. The van der Waals surface area contributed by atoms with Crippen LogP contribution >= 0.6 is 0 Å². The van der Waals surface area contributed by atoms with Gasteiger partial charge in [-0.05, 0) is 17.7 Å². The van der Waals surface area contributed by atoms with Crippen LogP contribution < -0.4 is 4.74 Å². The minimum absolute atomic E-state index is 0.0120. The molecule has 0 bridgehead atoms. The molecular formula is C17H15F2N3O3. The lowest BCUT2D eigenvalue weighted by Gasteiger charge is -2.09. The molecule has 0 spiro atoms. The predicted molar refractivity (Wildman–Crippen MR) is 85.4 cm³/mol. The standard InChI is InChI=1S/C17H15F2N3O3/c1-22-16-11(9-21-22)15(24-2)12(8-20-16)17(23)25-6-5-10-3-4-13(18)14(19)7-10/h3-4,7-9H,5-6H2,1-2H3. The Bertz CT molecular complexity index is 940. The number of benzene rings is 1. The van der Waals surface area contributed by atoms with Gasteiger partial charge in [-0.2, -0.15) is 5.10 Å². The molecule has 3 rings (SSSR count). The van der Waals surface area contributed by atoms with E-state index >= 15 is 0 Å². The van der Waals surface area contributed by atoms with Gasteiger partial charge in [-0.15, -0.1) is 0 Å². The first-order valence-corrected chi connectivity index (χ1v) is 7.47. The van der Waals surface area contributed by atoms with Crippen molar-refractivity contribution in [3.8, 4) is 5.75 Å². The summed E-state index contributed by atoms with van der Waals surface area (Å²) in [5.41, 5.74) is 1.28. The molecule has 0 unspecified atom stereocenters. The number of aromatic nitrogens is 3. The lowest BCUT2D eigenvalue weighted by atomic mass is 10.1. The highest BCUT2D eigenvalue weighted by molar-refractivity contribution is 5.98. The largest absolute Gasteiger partial charge is 0.495 e. The number of esters is 1. The minimum Gasteiger partial charge on any atom is -0.495 e. The monoisotopic (exact) mass is 347 g/mol. The van der Waals surface area contributed by atoms with Crippen molar-refractivity contribution in [1.82, 2.24) is 14.8 Å². The van der Waals surface area contributed by atoms with Gasteiger partial charge in [-0.1, -0.05) is 6.07 Å². The molecule has 0 aliphatic carbocycles. The number of hydrogen-bond donors (Lipinski definition) is 0. The maximum absolute atomic E-state index is 13.2. The molecule has 0 amide bonds. The van der Waals surface area contributed by atoms with Gasteiger partial charge in [-0.25, -0.2) is 18.6 Å². The van der Waals surface area contributed by atoms with E-state index in [0.29, 0.717) is 22.3 Å². The van der Waals surface area contributed by atoms with Crippen molar-refractivity contribution >= 4 is 17.0 Å². The number of ether oxygens (including phenoxy) is 2.